The van der Waals surface area contributed by atoms with E-state index in [1.54, 1.807) is 24.3 Å². The topological polar surface area (TPSA) is 75.1 Å². The van der Waals surface area contributed by atoms with Crippen LogP contribution in [0.25, 0.3) is 11.3 Å². The standard InChI is InChI=1S/C27H20F5N3O2/c28-22-18(23(29)25(31)26(32)24(22)30)12-21(37)35-27-19(11-8-15-4-2-1-3-5-15)34-20(13-33-27)17-9-6-16(14-36)7-10-17/h1-7,9-10,13,36H,8,11-12,14H2,(H,33,35,37). The molecule has 1 amide bonds. The van der Waals surface area contributed by atoms with Crippen LogP contribution in [0.15, 0.2) is 60.8 Å². The van der Waals surface area contributed by atoms with Crippen LogP contribution >= 0.6 is 0 Å². The van der Waals surface area contributed by atoms with Gasteiger partial charge in [-0.1, -0.05) is 54.6 Å². The summed E-state index contributed by atoms with van der Waals surface area (Å²) in [5, 5.41) is 11.6. The predicted octanol–water partition coefficient (Wildman–Crippen LogP) is 5.30. The first kappa shape index (κ1) is 25.9. The lowest BCUT2D eigenvalue weighted by Crippen LogP contribution is -2.20. The average molecular weight is 513 g/mol. The summed E-state index contributed by atoms with van der Waals surface area (Å²) >= 11 is 0. The van der Waals surface area contributed by atoms with Gasteiger partial charge in [-0.05, 0) is 24.0 Å². The predicted molar refractivity (Wildman–Crippen MR) is 126 cm³/mol. The second kappa shape index (κ2) is 11.3. The molecule has 0 fully saturated rings. The quantitative estimate of drug-likeness (QED) is 0.191. The molecule has 190 valence electrons. The van der Waals surface area contributed by atoms with Crippen molar-refractivity contribution in [3.63, 3.8) is 0 Å². The number of hydrogen-bond donors (Lipinski definition) is 2. The van der Waals surface area contributed by atoms with Gasteiger partial charge in [0, 0.05) is 11.1 Å². The third kappa shape index (κ3) is 5.80. The summed E-state index contributed by atoms with van der Waals surface area (Å²) in [5.41, 5.74) is 1.99. The van der Waals surface area contributed by atoms with Gasteiger partial charge in [-0.3, -0.25) is 4.79 Å². The molecule has 2 N–H and O–H groups in total. The molecule has 10 heteroatoms. The number of rotatable bonds is 8. The van der Waals surface area contributed by atoms with Crippen molar-refractivity contribution in [2.24, 2.45) is 0 Å². The summed E-state index contributed by atoms with van der Waals surface area (Å²) in [6.45, 7) is -0.123. The summed E-state index contributed by atoms with van der Waals surface area (Å²) < 4.78 is 68.5. The maximum Gasteiger partial charge on any atom is 0.230 e. The highest BCUT2D eigenvalue weighted by Gasteiger charge is 2.27. The zero-order valence-corrected chi connectivity index (χ0v) is 19.2. The molecule has 0 unspecified atom stereocenters. The van der Waals surface area contributed by atoms with E-state index < -0.39 is 47.0 Å². The van der Waals surface area contributed by atoms with Crippen molar-refractivity contribution in [1.82, 2.24) is 9.97 Å². The molecule has 37 heavy (non-hydrogen) atoms. The molecule has 3 aromatic carbocycles. The van der Waals surface area contributed by atoms with Crippen LogP contribution in [-0.4, -0.2) is 21.0 Å². The Bertz CT molecular complexity index is 1400. The minimum absolute atomic E-state index is 0.000492. The third-order valence-corrected chi connectivity index (χ3v) is 5.67. The number of hydrogen-bond acceptors (Lipinski definition) is 4. The van der Waals surface area contributed by atoms with Gasteiger partial charge in [-0.2, -0.15) is 0 Å². The molecule has 1 aromatic heterocycles. The fourth-order valence-corrected chi connectivity index (χ4v) is 3.68. The first-order chi connectivity index (χ1) is 17.8. The lowest BCUT2D eigenvalue weighted by Gasteiger charge is -2.13. The Morgan fingerprint density at radius 2 is 1.41 bits per heavy atom. The molecule has 4 aromatic rings. The van der Waals surface area contributed by atoms with Gasteiger partial charge in [0.15, 0.2) is 29.1 Å². The van der Waals surface area contributed by atoms with Crippen LogP contribution < -0.4 is 5.32 Å². The van der Waals surface area contributed by atoms with Crippen LogP contribution in [0.5, 0.6) is 0 Å². The number of nitrogens with one attached hydrogen (secondary N) is 1. The zero-order valence-electron chi connectivity index (χ0n) is 19.2. The van der Waals surface area contributed by atoms with E-state index in [1.807, 2.05) is 30.3 Å². The fourth-order valence-electron chi connectivity index (χ4n) is 3.68. The highest BCUT2D eigenvalue weighted by molar-refractivity contribution is 5.92. The molecule has 0 aliphatic rings. The number of aliphatic hydroxyl groups excluding tert-OH is 1. The normalized spacial score (nSPS) is 11.0. The van der Waals surface area contributed by atoms with Crippen LogP contribution in [0, 0.1) is 29.1 Å². The summed E-state index contributed by atoms with van der Waals surface area (Å²) in [6.07, 6.45) is 1.14. The number of benzene rings is 3. The van der Waals surface area contributed by atoms with E-state index in [4.69, 9.17) is 0 Å². The minimum Gasteiger partial charge on any atom is -0.392 e. The van der Waals surface area contributed by atoms with E-state index in [0.717, 1.165) is 5.56 Å². The van der Waals surface area contributed by atoms with Crippen molar-refractivity contribution in [3.05, 3.63) is 112 Å². The maximum absolute atomic E-state index is 14.0. The number of anilines is 1. The van der Waals surface area contributed by atoms with E-state index in [1.165, 1.54) is 6.20 Å². The van der Waals surface area contributed by atoms with Crippen LogP contribution in [0.3, 0.4) is 0 Å². The molecule has 0 radical (unpaired) electrons. The Morgan fingerprint density at radius 1 is 0.784 bits per heavy atom. The lowest BCUT2D eigenvalue weighted by atomic mass is 10.1. The molecule has 0 aliphatic heterocycles. The second-order valence-electron chi connectivity index (χ2n) is 8.16. The van der Waals surface area contributed by atoms with E-state index in [0.29, 0.717) is 35.4 Å². The number of halogens is 5. The highest BCUT2D eigenvalue weighted by atomic mass is 19.2. The smallest absolute Gasteiger partial charge is 0.230 e. The Hall–Kier alpha value is -4.18. The minimum atomic E-state index is -2.30. The van der Waals surface area contributed by atoms with Crippen molar-refractivity contribution in [2.45, 2.75) is 25.9 Å². The number of amides is 1. The third-order valence-electron chi connectivity index (χ3n) is 5.67. The van der Waals surface area contributed by atoms with E-state index >= 15 is 0 Å². The summed E-state index contributed by atoms with van der Waals surface area (Å²) in [5.74, 6) is -11.7. The van der Waals surface area contributed by atoms with Crippen LogP contribution in [0.4, 0.5) is 27.8 Å². The molecular formula is C27H20F5N3O2. The molecule has 0 saturated heterocycles. The monoisotopic (exact) mass is 513 g/mol. The van der Waals surface area contributed by atoms with Crippen LogP contribution in [0.1, 0.15) is 22.4 Å². The molecular weight excluding hydrogens is 493 g/mol. The lowest BCUT2D eigenvalue weighted by molar-refractivity contribution is -0.115. The van der Waals surface area contributed by atoms with Crippen molar-refractivity contribution in [2.75, 3.05) is 5.32 Å². The fraction of sp³-hybridized carbons (Fsp3) is 0.148. The van der Waals surface area contributed by atoms with E-state index in [-0.39, 0.29) is 12.4 Å². The van der Waals surface area contributed by atoms with E-state index in [9.17, 15) is 31.9 Å². The van der Waals surface area contributed by atoms with Gasteiger partial charge in [0.25, 0.3) is 0 Å². The second-order valence-corrected chi connectivity index (χ2v) is 8.16. The Labute approximate surface area is 208 Å². The molecule has 0 spiro atoms. The first-order valence-corrected chi connectivity index (χ1v) is 11.2. The average Bonchev–Trinajstić information content (AvgIpc) is 2.93. The van der Waals surface area contributed by atoms with Gasteiger partial charge in [0.2, 0.25) is 11.7 Å². The van der Waals surface area contributed by atoms with Crippen LogP contribution in [0.2, 0.25) is 0 Å². The number of aliphatic hydroxyl groups is 1. The first-order valence-electron chi connectivity index (χ1n) is 11.2. The number of aryl methyl sites for hydroxylation is 2. The van der Waals surface area contributed by atoms with Gasteiger partial charge >= 0.3 is 0 Å². The molecule has 0 atom stereocenters. The molecule has 5 nitrogen and oxygen atoms in total. The Balaban J connectivity index is 1.62. The molecule has 0 saturated carbocycles. The van der Waals surface area contributed by atoms with Gasteiger partial charge in [0.05, 0.1) is 30.6 Å². The Kier molecular flexibility index (Phi) is 7.88. The number of aromatic nitrogens is 2. The molecule has 0 bridgehead atoms. The summed E-state index contributed by atoms with van der Waals surface area (Å²) in [6, 6.07) is 16.4. The molecule has 1 heterocycles. The van der Waals surface area contributed by atoms with Crippen molar-refractivity contribution >= 4 is 11.7 Å². The zero-order chi connectivity index (χ0) is 26.5. The summed E-state index contributed by atoms with van der Waals surface area (Å²) in [4.78, 5) is 21.4. The largest absolute Gasteiger partial charge is 0.392 e. The molecule has 4 rings (SSSR count). The van der Waals surface area contributed by atoms with Gasteiger partial charge < -0.3 is 10.4 Å². The van der Waals surface area contributed by atoms with E-state index in [2.05, 4.69) is 15.3 Å². The Morgan fingerprint density at radius 3 is 2.03 bits per heavy atom. The van der Waals surface area contributed by atoms with Gasteiger partial charge in [-0.15, -0.1) is 0 Å². The van der Waals surface area contributed by atoms with Crippen LogP contribution in [-0.2, 0) is 30.7 Å². The van der Waals surface area contributed by atoms with Crippen molar-refractivity contribution in [1.29, 1.82) is 0 Å². The SMILES string of the molecule is O=C(Cc1c(F)c(F)c(F)c(F)c1F)Nc1ncc(-c2ccc(CO)cc2)nc1CCc1ccccc1. The highest BCUT2D eigenvalue weighted by Crippen LogP contribution is 2.25. The number of carbonyl (C=O) groups is 1. The summed E-state index contributed by atoms with van der Waals surface area (Å²) in [7, 11) is 0. The maximum atomic E-state index is 14.0. The van der Waals surface area contributed by atoms with Crippen molar-refractivity contribution < 1.29 is 31.9 Å². The van der Waals surface area contributed by atoms with Crippen molar-refractivity contribution in [3.8, 4) is 11.3 Å². The number of carbonyl (C=O) groups excluding carboxylic acids is 1. The molecule has 0 aliphatic carbocycles. The van der Waals surface area contributed by atoms with Gasteiger partial charge in [0.1, 0.15) is 0 Å². The number of nitrogens with zero attached hydrogens (tertiary/aromatic N) is 2. The van der Waals surface area contributed by atoms with Gasteiger partial charge in [-0.25, -0.2) is 31.9 Å².